The van der Waals surface area contributed by atoms with E-state index in [1.807, 2.05) is 36.1 Å². The van der Waals surface area contributed by atoms with Crippen LogP contribution < -0.4 is 10.1 Å². The van der Waals surface area contributed by atoms with E-state index in [0.29, 0.717) is 31.9 Å². The lowest BCUT2D eigenvalue weighted by molar-refractivity contribution is -0.117. The number of amides is 1. The van der Waals surface area contributed by atoms with E-state index in [9.17, 15) is 13.2 Å². The number of ether oxygens (including phenoxy) is 1. The van der Waals surface area contributed by atoms with Crippen LogP contribution in [0, 0.1) is 6.92 Å². The molecule has 0 bridgehead atoms. The highest BCUT2D eigenvalue weighted by molar-refractivity contribution is 7.89. The molecule has 0 saturated carbocycles. The number of sulfonamides is 1. The molecule has 0 unspecified atom stereocenters. The van der Waals surface area contributed by atoms with E-state index in [0.717, 1.165) is 11.3 Å². The molecule has 0 aliphatic carbocycles. The van der Waals surface area contributed by atoms with E-state index in [1.165, 1.54) is 11.4 Å². The molecular formula is C20H25N3O4S. The lowest BCUT2D eigenvalue weighted by Crippen LogP contribution is -2.50. The number of hydrogen-bond donors (Lipinski definition) is 1. The second kappa shape index (κ2) is 8.72. The average molecular weight is 404 g/mol. The Bertz CT molecular complexity index is 921. The molecule has 2 aromatic carbocycles. The second-order valence-electron chi connectivity index (χ2n) is 6.77. The second-order valence-corrected chi connectivity index (χ2v) is 8.71. The zero-order valence-electron chi connectivity index (χ0n) is 16.1. The van der Waals surface area contributed by atoms with Crippen molar-refractivity contribution in [1.29, 1.82) is 0 Å². The predicted octanol–water partition coefficient (Wildman–Crippen LogP) is 1.95. The zero-order chi connectivity index (χ0) is 20.1. The number of nitrogens with one attached hydrogen (secondary N) is 1. The minimum absolute atomic E-state index is 0.0999. The van der Waals surface area contributed by atoms with Crippen molar-refractivity contribution in [3.8, 4) is 5.75 Å². The standard InChI is InChI=1S/C20H25N3O4S/c1-16-4-3-5-17(14-16)21-20(24)15-22-10-12-23(13-11-22)28(25,26)19-8-6-18(27-2)7-9-19/h3-9,14H,10-13,15H2,1-2H3,(H,21,24). The molecule has 28 heavy (non-hydrogen) atoms. The molecule has 1 N–H and O–H groups in total. The highest BCUT2D eigenvalue weighted by atomic mass is 32.2. The van der Waals surface area contributed by atoms with E-state index < -0.39 is 10.0 Å². The van der Waals surface area contributed by atoms with Gasteiger partial charge in [-0.25, -0.2) is 8.42 Å². The highest BCUT2D eigenvalue weighted by Crippen LogP contribution is 2.20. The smallest absolute Gasteiger partial charge is 0.243 e. The van der Waals surface area contributed by atoms with E-state index in [-0.39, 0.29) is 17.3 Å². The third-order valence-electron chi connectivity index (χ3n) is 4.70. The van der Waals surface area contributed by atoms with Crippen molar-refractivity contribution in [2.75, 3.05) is 45.2 Å². The van der Waals surface area contributed by atoms with Gasteiger partial charge < -0.3 is 10.1 Å². The molecule has 3 rings (SSSR count). The molecule has 7 nitrogen and oxygen atoms in total. The Morgan fingerprint density at radius 3 is 2.36 bits per heavy atom. The first-order valence-electron chi connectivity index (χ1n) is 9.11. The molecule has 150 valence electrons. The Morgan fingerprint density at radius 1 is 1.07 bits per heavy atom. The normalized spacial score (nSPS) is 15.9. The Hall–Kier alpha value is -2.42. The van der Waals surface area contributed by atoms with Crippen LogP contribution in [0.3, 0.4) is 0 Å². The van der Waals surface area contributed by atoms with E-state index in [2.05, 4.69) is 5.32 Å². The molecule has 0 spiro atoms. The molecule has 0 aromatic heterocycles. The molecule has 1 amide bonds. The van der Waals surface area contributed by atoms with Crippen molar-refractivity contribution in [2.24, 2.45) is 0 Å². The summed E-state index contributed by atoms with van der Waals surface area (Å²) in [5.41, 5.74) is 1.85. The fraction of sp³-hybridized carbons (Fsp3) is 0.350. The lowest BCUT2D eigenvalue weighted by atomic mass is 10.2. The third kappa shape index (κ3) is 4.89. The van der Waals surface area contributed by atoms with Crippen molar-refractivity contribution in [2.45, 2.75) is 11.8 Å². The maximum atomic E-state index is 12.8. The predicted molar refractivity (Wildman–Crippen MR) is 108 cm³/mol. The quantitative estimate of drug-likeness (QED) is 0.798. The number of anilines is 1. The summed E-state index contributed by atoms with van der Waals surface area (Å²) in [6, 6.07) is 14.0. The molecule has 0 atom stereocenters. The summed E-state index contributed by atoms with van der Waals surface area (Å²) >= 11 is 0. The molecule has 8 heteroatoms. The molecule has 2 aromatic rings. The van der Waals surface area contributed by atoms with Crippen molar-refractivity contribution in [3.63, 3.8) is 0 Å². The Morgan fingerprint density at radius 2 is 1.75 bits per heavy atom. The summed E-state index contributed by atoms with van der Waals surface area (Å²) < 4.78 is 32.1. The van der Waals surface area contributed by atoms with Crippen molar-refractivity contribution >= 4 is 21.6 Å². The van der Waals surface area contributed by atoms with Gasteiger partial charge in [0.15, 0.2) is 0 Å². The number of aryl methyl sites for hydroxylation is 1. The van der Waals surface area contributed by atoms with Gasteiger partial charge in [0, 0.05) is 31.9 Å². The SMILES string of the molecule is COc1ccc(S(=O)(=O)N2CCN(CC(=O)Nc3cccc(C)c3)CC2)cc1. The first kappa shape index (κ1) is 20.3. The molecule has 1 aliphatic heterocycles. The van der Waals surface area contributed by atoms with Crippen LogP contribution in [0.4, 0.5) is 5.69 Å². The number of carbonyl (C=O) groups is 1. The molecule has 1 fully saturated rings. The van der Waals surface area contributed by atoms with Gasteiger partial charge in [-0.3, -0.25) is 9.69 Å². The van der Waals surface area contributed by atoms with Crippen LogP contribution in [0.5, 0.6) is 5.75 Å². The third-order valence-corrected chi connectivity index (χ3v) is 6.61. The average Bonchev–Trinajstić information content (AvgIpc) is 2.68. The Balaban J connectivity index is 1.54. The van der Waals surface area contributed by atoms with E-state index in [1.54, 1.807) is 24.3 Å². The van der Waals surface area contributed by atoms with Gasteiger partial charge in [-0.05, 0) is 48.9 Å². The molecule has 1 saturated heterocycles. The first-order valence-corrected chi connectivity index (χ1v) is 10.6. The number of hydrogen-bond acceptors (Lipinski definition) is 5. The lowest BCUT2D eigenvalue weighted by Gasteiger charge is -2.33. The fourth-order valence-electron chi connectivity index (χ4n) is 3.15. The maximum absolute atomic E-state index is 12.8. The molecular weight excluding hydrogens is 378 g/mol. The van der Waals surface area contributed by atoms with Crippen LogP contribution in [0.15, 0.2) is 53.4 Å². The summed E-state index contributed by atoms with van der Waals surface area (Å²) in [6.07, 6.45) is 0. The van der Waals surface area contributed by atoms with Gasteiger partial charge in [0.05, 0.1) is 18.6 Å². The fourth-order valence-corrected chi connectivity index (χ4v) is 4.57. The van der Waals surface area contributed by atoms with Crippen LogP contribution >= 0.6 is 0 Å². The molecule has 0 radical (unpaired) electrons. The summed E-state index contributed by atoms with van der Waals surface area (Å²) in [5.74, 6) is 0.514. The minimum atomic E-state index is -3.54. The monoisotopic (exact) mass is 403 g/mol. The summed E-state index contributed by atoms with van der Waals surface area (Å²) in [7, 11) is -2.00. The first-order chi connectivity index (χ1) is 13.4. The van der Waals surface area contributed by atoms with Gasteiger partial charge in [-0.15, -0.1) is 0 Å². The van der Waals surface area contributed by atoms with Crippen LogP contribution in [0.25, 0.3) is 0 Å². The number of benzene rings is 2. The number of rotatable bonds is 6. The van der Waals surface area contributed by atoms with Crippen LogP contribution in [-0.4, -0.2) is 63.4 Å². The van der Waals surface area contributed by atoms with Gasteiger partial charge in [0.25, 0.3) is 0 Å². The van der Waals surface area contributed by atoms with E-state index >= 15 is 0 Å². The van der Waals surface area contributed by atoms with Gasteiger partial charge in [-0.2, -0.15) is 4.31 Å². The number of piperazine rings is 1. The van der Waals surface area contributed by atoms with Crippen LogP contribution in [0.1, 0.15) is 5.56 Å². The van der Waals surface area contributed by atoms with Crippen LogP contribution in [-0.2, 0) is 14.8 Å². The summed E-state index contributed by atoms with van der Waals surface area (Å²) in [4.78, 5) is 14.5. The zero-order valence-corrected chi connectivity index (χ0v) is 16.9. The summed E-state index contributed by atoms with van der Waals surface area (Å²) in [6.45, 7) is 3.94. The Labute approximate surface area is 166 Å². The number of methoxy groups -OCH3 is 1. The highest BCUT2D eigenvalue weighted by Gasteiger charge is 2.29. The minimum Gasteiger partial charge on any atom is -0.497 e. The van der Waals surface area contributed by atoms with E-state index in [4.69, 9.17) is 4.74 Å². The van der Waals surface area contributed by atoms with Gasteiger partial charge in [0.1, 0.15) is 5.75 Å². The maximum Gasteiger partial charge on any atom is 0.243 e. The van der Waals surface area contributed by atoms with Gasteiger partial charge in [-0.1, -0.05) is 12.1 Å². The topological polar surface area (TPSA) is 79.0 Å². The largest absolute Gasteiger partial charge is 0.497 e. The van der Waals surface area contributed by atoms with Gasteiger partial charge >= 0.3 is 0 Å². The molecule has 1 aliphatic rings. The summed E-state index contributed by atoms with van der Waals surface area (Å²) in [5, 5.41) is 2.88. The van der Waals surface area contributed by atoms with Crippen molar-refractivity contribution < 1.29 is 17.9 Å². The number of carbonyl (C=O) groups excluding carboxylic acids is 1. The Kier molecular flexibility index (Phi) is 6.33. The number of nitrogens with zero attached hydrogens (tertiary/aromatic N) is 2. The molecule has 1 heterocycles. The van der Waals surface area contributed by atoms with Gasteiger partial charge in [0.2, 0.25) is 15.9 Å². The van der Waals surface area contributed by atoms with Crippen molar-refractivity contribution in [1.82, 2.24) is 9.21 Å². The van der Waals surface area contributed by atoms with Crippen LogP contribution in [0.2, 0.25) is 0 Å². The van der Waals surface area contributed by atoms with Crippen molar-refractivity contribution in [3.05, 3.63) is 54.1 Å².